The summed E-state index contributed by atoms with van der Waals surface area (Å²) in [5, 5.41) is 5.76. The zero-order valence-electron chi connectivity index (χ0n) is 10.7. The van der Waals surface area contributed by atoms with Crippen LogP contribution < -0.4 is 16.2 Å². The number of nitrogens with one attached hydrogen (secondary N) is 2. The van der Waals surface area contributed by atoms with Gasteiger partial charge in [0.25, 0.3) is 5.56 Å². The van der Waals surface area contributed by atoms with Crippen LogP contribution in [0.25, 0.3) is 0 Å². The monoisotopic (exact) mass is 273 g/mol. The summed E-state index contributed by atoms with van der Waals surface area (Å²) in [4.78, 5) is 22.9. The van der Waals surface area contributed by atoms with E-state index in [0.717, 1.165) is 13.0 Å². The quantitative estimate of drug-likeness (QED) is 0.767. The Morgan fingerprint density at radius 3 is 2.72 bits per heavy atom. The van der Waals surface area contributed by atoms with E-state index in [1.54, 1.807) is 16.8 Å². The maximum Gasteiger partial charge on any atom is 0.250 e. The van der Waals surface area contributed by atoms with Crippen LogP contribution in [0, 0.1) is 0 Å². The Morgan fingerprint density at radius 1 is 1.39 bits per heavy atom. The first-order valence-electron chi connectivity index (χ1n) is 5.82. The maximum absolute atomic E-state index is 11.5. The molecule has 0 unspecified atom stereocenters. The van der Waals surface area contributed by atoms with Crippen LogP contribution in [0.15, 0.2) is 23.1 Å². The van der Waals surface area contributed by atoms with Gasteiger partial charge >= 0.3 is 0 Å². The van der Waals surface area contributed by atoms with Crippen molar-refractivity contribution in [3.05, 3.63) is 28.7 Å². The molecule has 0 aliphatic carbocycles. The molecule has 1 rings (SSSR count). The first-order valence-corrected chi connectivity index (χ1v) is 5.82. The molecule has 0 aliphatic rings. The zero-order chi connectivity index (χ0) is 12.7. The van der Waals surface area contributed by atoms with Crippen molar-refractivity contribution in [2.24, 2.45) is 0 Å². The molecule has 0 saturated heterocycles. The molecule has 1 aromatic rings. The third kappa shape index (κ3) is 5.33. The van der Waals surface area contributed by atoms with E-state index in [2.05, 4.69) is 10.6 Å². The summed E-state index contributed by atoms with van der Waals surface area (Å²) in [6.45, 7) is 3.31. The van der Waals surface area contributed by atoms with E-state index in [-0.39, 0.29) is 23.9 Å². The van der Waals surface area contributed by atoms with Gasteiger partial charge in [-0.05, 0) is 33.0 Å². The highest BCUT2D eigenvalue weighted by molar-refractivity contribution is 5.90. The predicted octanol–water partition coefficient (Wildman–Crippen LogP) is 1.23. The molecule has 1 aromatic heterocycles. The van der Waals surface area contributed by atoms with Crippen molar-refractivity contribution in [3.8, 4) is 0 Å². The third-order valence-corrected chi connectivity index (χ3v) is 2.44. The number of carbonyl (C=O) groups excluding carboxylic acids is 1. The van der Waals surface area contributed by atoms with Crippen molar-refractivity contribution < 1.29 is 4.79 Å². The van der Waals surface area contributed by atoms with Gasteiger partial charge in [-0.15, -0.1) is 12.4 Å². The summed E-state index contributed by atoms with van der Waals surface area (Å²) in [5.41, 5.74) is 0.613. The molecular weight excluding hydrogens is 254 g/mol. The number of nitrogens with zero attached hydrogens (tertiary/aromatic N) is 1. The van der Waals surface area contributed by atoms with Gasteiger partial charge in [0.1, 0.15) is 0 Å². The van der Waals surface area contributed by atoms with Crippen molar-refractivity contribution in [2.45, 2.75) is 26.3 Å². The summed E-state index contributed by atoms with van der Waals surface area (Å²) in [7, 11) is 1.86. The molecule has 2 N–H and O–H groups in total. The second-order valence-corrected chi connectivity index (χ2v) is 3.80. The maximum atomic E-state index is 11.5. The van der Waals surface area contributed by atoms with E-state index in [0.29, 0.717) is 18.7 Å². The van der Waals surface area contributed by atoms with E-state index in [1.807, 2.05) is 14.0 Å². The minimum atomic E-state index is -0.0549. The Kier molecular flexibility index (Phi) is 8.07. The number of carbonyl (C=O) groups is 1. The van der Waals surface area contributed by atoms with Crippen LogP contribution in [0.2, 0.25) is 0 Å². The molecular formula is C12H20ClN3O2. The van der Waals surface area contributed by atoms with Crippen molar-refractivity contribution in [1.29, 1.82) is 0 Å². The Morgan fingerprint density at radius 2 is 2.11 bits per heavy atom. The molecule has 0 radical (unpaired) electrons. The number of rotatable bonds is 6. The summed E-state index contributed by atoms with van der Waals surface area (Å²) in [6.07, 6.45) is 2.94. The molecule has 102 valence electrons. The Labute approximate surface area is 113 Å². The number of halogens is 1. The van der Waals surface area contributed by atoms with Gasteiger partial charge in [-0.1, -0.05) is 0 Å². The van der Waals surface area contributed by atoms with Crippen LogP contribution in [0.5, 0.6) is 0 Å². The Balaban J connectivity index is 0.00000289. The van der Waals surface area contributed by atoms with E-state index >= 15 is 0 Å². The normalized spacial score (nSPS) is 9.67. The number of hydrogen-bond donors (Lipinski definition) is 2. The fourth-order valence-electron chi connectivity index (χ4n) is 1.50. The van der Waals surface area contributed by atoms with Gasteiger partial charge in [-0.3, -0.25) is 9.59 Å². The third-order valence-electron chi connectivity index (χ3n) is 2.44. The van der Waals surface area contributed by atoms with Crippen LogP contribution in [-0.2, 0) is 11.3 Å². The second kappa shape index (κ2) is 8.72. The van der Waals surface area contributed by atoms with E-state index < -0.39 is 0 Å². The molecule has 0 aliphatic heterocycles. The largest absolute Gasteiger partial charge is 0.325 e. The SMILES string of the molecule is CCn1cc(NC(=O)CCCNC)ccc1=O.Cl. The molecule has 6 heteroatoms. The van der Waals surface area contributed by atoms with E-state index in [4.69, 9.17) is 0 Å². The number of amides is 1. The lowest BCUT2D eigenvalue weighted by molar-refractivity contribution is -0.116. The fraction of sp³-hybridized carbons (Fsp3) is 0.500. The number of aromatic nitrogens is 1. The van der Waals surface area contributed by atoms with Crippen LogP contribution >= 0.6 is 12.4 Å². The summed E-state index contributed by atoms with van der Waals surface area (Å²) < 4.78 is 1.56. The van der Waals surface area contributed by atoms with Crippen molar-refractivity contribution in [1.82, 2.24) is 9.88 Å². The first kappa shape index (κ1) is 16.7. The van der Waals surface area contributed by atoms with Crippen LogP contribution in [0.3, 0.4) is 0 Å². The van der Waals surface area contributed by atoms with Gasteiger partial charge in [0.15, 0.2) is 0 Å². The fourth-order valence-corrected chi connectivity index (χ4v) is 1.50. The van der Waals surface area contributed by atoms with Gasteiger partial charge in [0.2, 0.25) is 5.91 Å². The van der Waals surface area contributed by atoms with Gasteiger partial charge in [-0.25, -0.2) is 0 Å². The van der Waals surface area contributed by atoms with Gasteiger partial charge in [-0.2, -0.15) is 0 Å². The lowest BCUT2D eigenvalue weighted by atomic mass is 10.3. The summed E-state index contributed by atoms with van der Waals surface area (Å²) in [5.74, 6) is -0.0263. The number of aryl methyl sites for hydroxylation is 1. The Bertz CT molecular complexity index is 432. The first-order chi connectivity index (χ1) is 8.17. The highest BCUT2D eigenvalue weighted by Gasteiger charge is 2.03. The molecule has 1 heterocycles. The molecule has 0 atom stereocenters. The lowest BCUT2D eigenvalue weighted by Gasteiger charge is -2.07. The molecule has 5 nitrogen and oxygen atoms in total. The summed E-state index contributed by atoms with van der Waals surface area (Å²) >= 11 is 0. The van der Waals surface area contributed by atoms with Gasteiger partial charge in [0.05, 0.1) is 5.69 Å². The molecule has 0 aromatic carbocycles. The van der Waals surface area contributed by atoms with Gasteiger partial charge < -0.3 is 15.2 Å². The smallest absolute Gasteiger partial charge is 0.250 e. The molecule has 1 amide bonds. The molecule has 0 saturated carbocycles. The molecule has 0 spiro atoms. The Hall–Kier alpha value is -1.33. The molecule has 18 heavy (non-hydrogen) atoms. The average molecular weight is 274 g/mol. The predicted molar refractivity (Wildman–Crippen MR) is 75.4 cm³/mol. The van der Waals surface area contributed by atoms with Crippen molar-refractivity contribution in [2.75, 3.05) is 18.9 Å². The topological polar surface area (TPSA) is 63.1 Å². The van der Waals surface area contributed by atoms with Gasteiger partial charge in [0, 0.05) is 25.2 Å². The van der Waals surface area contributed by atoms with E-state index in [1.165, 1.54) is 6.07 Å². The second-order valence-electron chi connectivity index (χ2n) is 3.80. The zero-order valence-corrected chi connectivity index (χ0v) is 11.5. The lowest BCUT2D eigenvalue weighted by Crippen LogP contribution is -2.20. The van der Waals surface area contributed by atoms with Crippen LogP contribution in [-0.4, -0.2) is 24.1 Å². The van der Waals surface area contributed by atoms with Crippen LogP contribution in [0.1, 0.15) is 19.8 Å². The minimum absolute atomic E-state index is 0. The van der Waals surface area contributed by atoms with Crippen molar-refractivity contribution >= 4 is 24.0 Å². The average Bonchev–Trinajstić information content (AvgIpc) is 2.32. The molecule has 0 bridgehead atoms. The van der Waals surface area contributed by atoms with E-state index in [9.17, 15) is 9.59 Å². The number of hydrogen-bond acceptors (Lipinski definition) is 3. The minimum Gasteiger partial charge on any atom is -0.325 e. The van der Waals surface area contributed by atoms with Crippen LogP contribution in [0.4, 0.5) is 5.69 Å². The number of anilines is 1. The molecule has 0 fully saturated rings. The number of pyridine rings is 1. The summed E-state index contributed by atoms with van der Waals surface area (Å²) in [6, 6.07) is 3.09. The van der Waals surface area contributed by atoms with Crippen molar-refractivity contribution in [3.63, 3.8) is 0 Å². The highest BCUT2D eigenvalue weighted by atomic mass is 35.5. The highest BCUT2D eigenvalue weighted by Crippen LogP contribution is 2.04. The standard InChI is InChI=1S/C12H19N3O2.ClH/c1-3-15-9-10(6-7-12(15)17)14-11(16)5-4-8-13-2;/h6-7,9,13H,3-5,8H2,1-2H3,(H,14,16);1H.